The summed E-state index contributed by atoms with van der Waals surface area (Å²) in [4.78, 5) is 0. The van der Waals surface area contributed by atoms with Gasteiger partial charge in [0.1, 0.15) is 11.5 Å². The molecule has 1 aliphatic carbocycles. The molecule has 0 aromatic heterocycles. The molecule has 0 unspecified atom stereocenters. The Hall–Kier alpha value is -1.57. The van der Waals surface area contributed by atoms with Crippen LogP contribution in [-0.2, 0) is 6.54 Å². The van der Waals surface area contributed by atoms with Gasteiger partial charge < -0.3 is 14.2 Å². The Balaban J connectivity index is 1.78. The maximum atomic E-state index is 6.98. The molecule has 36 heavy (non-hydrogen) atoms. The van der Waals surface area contributed by atoms with Crippen molar-refractivity contribution in [2.24, 2.45) is 0 Å². The molecule has 0 aliphatic heterocycles. The fourth-order valence-corrected chi connectivity index (χ4v) is 6.40. The van der Waals surface area contributed by atoms with Crippen molar-refractivity contribution >= 4 is 16.6 Å². The average Bonchev–Trinajstić information content (AvgIpc) is 2.77. The highest BCUT2D eigenvalue weighted by Crippen LogP contribution is 2.45. The minimum absolute atomic E-state index is 0.152. The predicted octanol–water partition coefficient (Wildman–Crippen LogP) is 9.27. The van der Waals surface area contributed by atoms with Crippen LogP contribution >= 0.6 is 0 Å². The van der Waals surface area contributed by atoms with Crippen molar-refractivity contribution in [1.29, 1.82) is 0 Å². The molecule has 0 radical (unpaired) electrons. The van der Waals surface area contributed by atoms with E-state index in [1.54, 1.807) is 0 Å². The predicted molar refractivity (Wildman–Crippen MR) is 160 cm³/mol. The van der Waals surface area contributed by atoms with Crippen LogP contribution in [0.5, 0.6) is 11.5 Å². The van der Waals surface area contributed by atoms with E-state index in [4.69, 9.17) is 8.85 Å². The second-order valence-electron chi connectivity index (χ2n) is 13.8. The monoisotopic (exact) mass is 525 g/mol. The van der Waals surface area contributed by atoms with Gasteiger partial charge in [-0.2, -0.15) is 0 Å². The van der Waals surface area contributed by atoms with Gasteiger partial charge in [-0.15, -0.1) is 0 Å². The Morgan fingerprint density at radius 3 is 1.86 bits per heavy atom. The summed E-state index contributed by atoms with van der Waals surface area (Å²) >= 11 is 0. The van der Waals surface area contributed by atoms with Crippen LogP contribution in [0.1, 0.15) is 84.3 Å². The van der Waals surface area contributed by atoms with Gasteiger partial charge >= 0.3 is 0 Å². The quantitative estimate of drug-likeness (QED) is 0.348. The van der Waals surface area contributed by atoms with Gasteiger partial charge in [0.2, 0.25) is 16.6 Å². The third kappa shape index (κ3) is 7.26. The van der Waals surface area contributed by atoms with Gasteiger partial charge in [0, 0.05) is 18.7 Å². The summed E-state index contributed by atoms with van der Waals surface area (Å²) < 4.78 is 13.7. The van der Waals surface area contributed by atoms with E-state index in [1.807, 2.05) is 0 Å². The summed E-state index contributed by atoms with van der Waals surface area (Å²) in [6, 6.07) is 18.1. The zero-order valence-electron chi connectivity index (χ0n) is 24.6. The van der Waals surface area contributed by atoms with E-state index in [2.05, 4.69) is 122 Å². The summed E-state index contributed by atoms with van der Waals surface area (Å²) in [5.74, 6) is 2.58. The number of rotatable bonds is 8. The Morgan fingerprint density at radius 1 is 0.750 bits per heavy atom. The third-order valence-electron chi connectivity index (χ3n) is 8.94. The van der Waals surface area contributed by atoms with Crippen LogP contribution in [0.25, 0.3) is 0 Å². The molecule has 2 aromatic carbocycles. The summed E-state index contributed by atoms with van der Waals surface area (Å²) in [6.07, 6.45) is 4.81. The van der Waals surface area contributed by atoms with E-state index in [0.29, 0.717) is 12.0 Å². The molecule has 0 atom stereocenters. The van der Waals surface area contributed by atoms with Crippen molar-refractivity contribution in [3.63, 3.8) is 0 Å². The lowest BCUT2D eigenvalue weighted by molar-refractivity contribution is 0.337. The van der Waals surface area contributed by atoms with Crippen molar-refractivity contribution < 1.29 is 8.85 Å². The fraction of sp³-hybridized carbons (Fsp3) is 0.613. The van der Waals surface area contributed by atoms with E-state index >= 15 is 0 Å². The molecule has 1 aliphatic rings. The van der Waals surface area contributed by atoms with Gasteiger partial charge in [0.15, 0.2) is 0 Å². The standard InChI is InChI=1S/C31H51NO2Si2/c1-30(2,3)35(7,8)33-27-20-21-28(29(22-27)34-36(9,10)31(4,5)6)25-16-18-26(19-17-25)32-23-24-14-12-11-13-15-24/h11-15,20-22,25-26,32H,16-19,23H2,1-10H3. The average molecular weight is 526 g/mol. The molecule has 0 heterocycles. The van der Waals surface area contributed by atoms with Crippen LogP contribution in [0.3, 0.4) is 0 Å². The molecule has 1 saturated carbocycles. The lowest BCUT2D eigenvalue weighted by Gasteiger charge is -2.39. The van der Waals surface area contributed by atoms with Crippen LogP contribution in [-0.4, -0.2) is 22.7 Å². The highest BCUT2D eigenvalue weighted by Gasteiger charge is 2.41. The van der Waals surface area contributed by atoms with Crippen LogP contribution in [0.4, 0.5) is 0 Å². The van der Waals surface area contributed by atoms with Crippen molar-refractivity contribution in [1.82, 2.24) is 5.32 Å². The smallest absolute Gasteiger partial charge is 0.250 e. The minimum Gasteiger partial charge on any atom is -0.543 e. The Kier molecular flexibility index (Phi) is 8.90. The molecular formula is C31H51NO2Si2. The maximum absolute atomic E-state index is 6.98. The van der Waals surface area contributed by atoms with Gasteiger partial charge in [-0.3, -0.25) is 0 Å². The number of hydrogen-bond acceptors (Lipinski definition) is 3. The number of nitrogens with one attached hydrogen (secondary N) is 1. The zero-order chi connectivity index (χ0) is 26.8. The topological polar surface area (TPSA) is 30.5 Å². The number of benzene rings is 2. The molecule has 0 amide bonds. The molecule has 0 spiro atoms. The minimum atomic E-state index is -1.98. The molecular weight excluding hydrogens is 475 g/mol. The van der Waals surface area contributed by atoms with Crippen LogP contribution in [0.2, 0.25) is 36.3 Å². The first kappa shape index (κ1) is 29.0. The highest BCUT2D eigenvalue weighted by molar-refractivity contribution is 6.75. The second kappa shape index (κ2) is 11.0. The van der Waals surface area contributed by atoms with E-state index in [9.17, 15) is 0 Å². The van der Waals surface area contributed by atoms with Gasteiger partial charge in [-0.05, 0) is 85.1 Å². The summed E-state index contributed by atoms with van der Waals surface area (Å²) in [5.41, 5.74) is 2.74. The molecule has 3 nitrogen and oxygen atoms in total. The fourth-order valence-electron chi connectivity index (χ4n) is 4.35. The SMILES string of the molecule is CC(C)(C)[Si](C)(C)Oc1ccc(C2CCC(NCc3ccccc3)CC2)c(O[Si](C)(C)C(C)(C)C)c1. The first-order valence-corrected chi connectivity index (χ1v) is 19.7. The Bertz CT molecular complexity index is 982. The first-order valence-electron chi connectivity index (χ1n) is 13.9. The van der Waals surface area contributed by atoms with Crippen molar-refractivity contribution in [2.45, 2.75) is 122 Å². The lowest BCUT2D eigenvalue weighted by atomic mass is 9.81. The molecule has 200 valence electrons. The molecule has 3 rings (SSSR count). The second-order valence-corrected chi connectivity index (χ2v) is 23.3. The molecule has 5 heteroatoms. The Labute approximate surface area is 223 Å². The number of hydrogen-bond donors (Lipinski definition) is 1. The van der Waals surface area contributed by atoms with Gasteiger partial charge in [-0.1, -0.05) is 77.9 Å². The molecule has 1 fully saturated rings. The molecule has 0 bridgehead atoms. The van der Waals surface area contributed by atoms with Gasteiger partial charge in [0.25, 0.3) is 0 Å². The largest absolute Gasteiger partial charge is 0.543 e. The summed E-state index contributed by atoms with van der Waals surface area (Å²) in [5, 5.41) is 4.11. The first-order chi connectivity index (χ1) is 16.6. The molecule has 2 aromatic rings. The third-order valence-corrected chi connectivity index (χ3v) is 17.6. The van der Waals surface area contributed by atoms with Gasteiger partial charge in [-0.25, -0.2) is 0 Å². The van der Waals surface area contributed by atoms with Gasteiger partial charge in [0.05, 0.1) is 0 Å². The van der Waals surface area contributed by atoms with Crippen molar-refractivity contribution in [3.8, 4) is 11.5 Å². The zero-order valence-corrected chi connectivity index (χ0v) is 26.6. The summed E-state index contributed by atoms with van der Waals surface area (Å²) in [7, 11) is -3.90. The van der Waals surface area contributed by atoms with E-state index in [1.165, 1.54) is 36.8 Å². The van der Waals surface area contributed by atoms with E-state index < -0.39 is 16.6 Å². The Morgan fingerprint density at radius 2 is 1.31 bits per heavy atom. The van der Waals surface area contributed by atoms with Crippen molar-refractivity contribution in [2.75, 3.05) is 0 Å². The van der Waals surface area contributed by atoms with Crippen LogP contribution in [0, 0.1) is 0 Å². The summed E-state index contributed by atoms with van der Waals surface area (Å²) in [6.45, 7) is 24.1. The lowest BCUT2D eigenvalue weighted by Crippen LogP contribution is -2.44. The normalized spacial score (nSPS) is 19.7. The molecule has 0 saturated heterocycles. The highest BCUT2D eigenvalue weighted by atomic mass is 28.4. The van der Waals surface area contributed by atoms with E-state index in [0.717, 1.165) is 18.0 Å². The van der Waals surface area contributed by atoms with Crippen LogP contribution < -0.4 is 14.2 Å². The molecule has 1 N–H and O–H groups in total. The maximum Gasteiger partial charge on any atom is 0.250 e. The van der Waals surface area contributed by atoms with Crippen LogP contribution in [0.15, 0.2) is 48.5 Å². The van der Waals surface area contributed by atoms with E-state index in [-0.39, 0.29) is 10.1 Å². The van der Waals surface area contributed by atoms with Crippen molar-refractivity contribution in [3.05, 3.63) is 59.7 Å².